The predicted molar refractivity (Wildman–Crippen MR) is 89.5 cm³/mol. The van der Waals surface area contributed by atoms with E-state index in [4.69, 9.17) is 9.47 Å². The van der Waals surface area contributed by atoms with Crippen LogP contribution < -0.4 is 4.90 Å². The molecule has 0 unspecified atom stereocenters. The Labute approximate surface area is 142 Å². The van der Waals surface area contributed by atoms with Crippen molar-refractivity contribution in [1.82, 2.24) is 4.90 Å². The molecule has 2 aliphatic heterocycles. The van der Waals surface area contributed by atoms with Crippen molar-refractivity contribution >= 4 is 11.7 Å². The summed E-state index contributed by atoms with van der Waals surface area (Å²) in [6.45, 7) is 5.43. The number of hydrogen-bond acceptors (Lipinski definition) is 5. The van der Waals surface area contributed by atoms with Crippen LogP contribution in [0.3, 0.4) is 0 Å². The van der Waals surface area contributed by atoms with E-state index in [1.807, 2.05) is 13.0 Å². The molecule has 2 atom stereocenters. The first kappa shape index (κ1) is 17.2. The maximum Gasteiger partial charge on any atom is 0.336 e. The first-order valence-electron chi connectivity index (χ1n) is 8.56. The van der Waals surface area contributed by atoms with Crippen LogP contribution in [0.1, 0.15) is 25.3 Å². The van der Waals surface area contributed by atoms with E-state index >= 15 is 0 Å². The van der Waals surface area contributed by atoms with Crippen molar-refractivity contribution in [2.75, 3.05) is 38.2 Å². The monoisotopic (exact) mass is 336 g/mol. The van der Waals surface area contributed by atoms with E-state index < -0.39 is 6.10 Å². The van der Waals surface area contributed by atoms with Crippen LogP contribution in [0.2, 0.25) is 0 Å². The number of nitrogens with zero attached hydrogens (tertiary/aromatic N) is 2. The molecule has 132 valence electrons. The molecule has 0 saturated carbocycles. The number of esters is 1. The lowest BCUT2D eigenvalue weighted by atomic mass is 10.1. The Bertz CT molecular complexity index is 590. The summed E-state index contributed by atoms with van der Waals surface area (Å²) in [6.07, 6.45) is 1.59. The van der Waals surface area contributed by atoms with Gasteiger partial charge in [-0.05, 0) is 31.9 Å². The number of morpholine rings is 1. The molecular formula is C18H25FN2O3. The second kappa shape index (κ2) is 7.49. The molecule has 0 amide bonds. The Hall–Kier alpha value is -1.66. The van der Waals surface area contributed by atoms with Gasteiger partial charge in [-0.15, -0.1) is 0 Å². The van der Waals surface area contributed by atoms with Gasteiger partial charge in [0, 0.05) is 44.0 Å². The third-order valence-corrected chi connectivity index (χ3v) is 4.72. The molecule has 6 heteroatoms. The highest BCUT2D eigenvalue weighted by Crippen LogP contribution is 2.28. The summed E-state index contributed by atoms with van der Waals surface area (Å²) in [4.78, 5) is 16.1. The quantitative estimate of drug-likeness (QED) is 0.789. The number of carbonyl (C=O) groups is 1. The highest BCUT2D eigenvalue weighted by atomic mass is 19.1. The number of rotatable bonds is 4. The SMILES string of the molecule is COC(=O)[C@H]1CN(Cc2c(F)cccc2N2CCCC2)C[C@@H](C)O1. The molecule has 0 bridgehead atoms. The van der Waals surface area contributed by atoms with E-state index in [0.717, 1.165) is 31.6 Å². The molecule has 0 aromatic heterocycles. The van der Waals surface area contributed by atoms with Crippen LogP contribution in [0.5, 0.6) is 0 Å². The molecule has 24 heavy (non-hydrogen) atoms. The number of carbonyl (C=O) groups excluding carboxylic acids is 1. The summed E-state index contributed by atoms with van der Waals surface area (Å²) < 4.78 is 24.9. The van der Waals surface area contributed by atoms with E-state index in [2.05, 4.69) is 9.80 Å². The van der Waals surface area contributed by atoms with E-state index in [1.54, 1.807) is 6.07 Å². The molecule has 0 aliphatic carbocycles. The van der Waals surface area contributed by atoms with Crippen LogP contribution in [0.25, 0.3) is 0 Å². The zero-order valence-corrected chi connectivity index (χ0v) is 14.3. The van der Waals surface area contributed by atoms with Crippen molar-refractivity contribution in [2.45, 2.75) is 38.5 Å². The lowest BCUT2D eigenvalue weighted by Gasteiger charge is -2.36. The molecule has 1 aromatic rings. The van der Waals surface area contributed by atoms with E-state index in [0.29, 0.717) is 25.2 Å². The van der Waals surface area contributed by atoms with Gasteiger partial charge in [0.2, 0.25) is 0 Å². The number of benzene rings is 1. The second-order valence-corrected chi connectivity index (χ2v) is 6.58. The number of methoxy groups -OCH3 is 1. The first-order valence-corrected chi connectivity index (χ1v) is 8.56. The van der Waals surface area contributed by atoms with Gasteiger partial charge in [-0.3, -0.25) is 4.90 Å². The molecule has 0 spiro atoms. The Morgan fingerprint density at radius 2 is 2.08 bits per heavy atom. The molecule has 3 rings (SSSR count). The fourth-order valence-corrected chi connectivity index (χ4v) is 3.61. The van der Waals surface area contributed by atoms with Gasteiger partial charge in [-0.2, -0.15) is 0 Å². The molecule has 2 saturated heterocycles. The minimum absolute atomic E-state index is 0.0927. The Morgan fingerprint density at radius 3 is 2.79 bits per heavy atom. The van der Waals surface area contributed by atoms with E-state index in [9.17, 15) is 9.18 Å². The third kappa shape index (κ3) is 3.70. The predicted octanol–water partition coefficient (Wildman–Crippen LogP) is 2.19. The zero-order chi connectivity index (χ0) is 17.1. The molecule has 5 nitrogen and oxygen atoms in total. The van der Waals surface area contributed by atoms with Gasteiger partial charge in [-0.1, -0.05) is 6.07 Å². The molecule has 2 fully saturated rings. The summed E-state index contributed by atoms with van der Waals surface area (Å²) >= 11 is 0. The Kier molecular flexibility index (Phi) is 5.36. The van der Waals surface area contributed by atoms with Crippen LogP contribution in [0.4, 0.5) is 10.1 Å². The van der Waals surface area contributed by atoms with Gasteiger partial charge in [0.25, 0.3) is 0 Å². The topological polar surface area (TPSA) is 42.0 Å². The van der Waals surface area contributed by atoms with E-state index in [-0.39, 0.29) is 17.9 Å². The molecule has 2 aliphatic rings. The summed E-state index contributed by atoms with van der Waals surface area (Å²) in [6, 6.07) is 5.27. The maximum absolute atomic E-state index is 14.5. The fourth-order valence-electron chi connectivity index (χ4n) is 3.61. The largest absolute Gasteiger partial charge is 0.467 e. The average Bonchev–Trinajstić information content (AvgIpc) is 3.09. The van der Waals surface area contributed by atoms with Gasteiger partial charge >= 0.3 is 5.97 Å². The normalized spacial score (nSPS) is 25.0. The van der Waals surface area contributed by atoms with Crippen molar-refractivity contribution < 1.29 is 18.7 Å². The molecule has 2 heterocycles. The molecular weight excluding hydrogens is 311 g/mol. The number of ether oxygens (including phenoxy) is 2. The Balaban J connectivity index is 1.78. The standard InChI is InChI=1S/C18H25FN2O3/c1-13-10-20(12-17(24-13)18(22)23-2)11-14-15(19)6-5-7-16(14)21-8-3-4-9-21/h5-7,13,17H,3-4,8-12H2,1-2H3/t13-,17-/m1/s1. The lowest BCUT2D eigenvalue weighted by molar-refractivity contribution is -0.166. The highest BCUT2D eigenvalue weighted by molar-refractivity contribution is 5.75. The number of hydrogen-bond donors (Lipinski definition) is 0. The highest BCUT2D eigenvalue weighted by Gasteiger charge is 2.32. The minimum atomic E-state index is -0.610. The molecule has 0 radical (unpaired) electrons. The average molecular weight is 336 g/mol. The van der Waals surface area contributed by atoms with E-state index in [1.165, 1.54) is 13.2 Å². The molecule has 1 aromatic carbocycles. The van der Waals surface area contributed by atoms with Gasteiger partial charge in [0.1, 0.15) is 5.82 Å². The van der Waals surface area contributed by atoms with Crippen LogP contribution in [0, 0.1) is 5.82 Å². The Morgan fingerprint density at radius 1 is 1.33 bits per heavy atom. The zero-order valence-electron chi connectivity index (χ0n) is 14.3. The van der Waals surface area contributed by atoms with Crippen molar-refractivity contribution in [1.29, 1.82) is 0 Å². The van der Waals surface area contributed by atoms with Crippen molar-refractivity contribution in [3.63, 3.8) is 0 Å². The van der Waals surface area contributed by atoms with Gasteiger partial charge in [-0.25, -0.2) is 9.18 Å². The van der Waals surface area contributed by atoms with Crippen molar-refractivity contribution in [2.24, 2.45) is 0 Å². The summed E-state index contributed by atoms with van der Waals surface area (Å²) in [7, 11) is 1.36. The lowest BCUT2D eigenvalue weighted by Crippen LogP contribution is -2.49. The van der Waals surface area contributed by atoms with Crippen LogP contribution in [-0.2, 0) is 20.8 Å². The van der Waals surface area contributed by atoms with Gasteiger partial charge in [0.15, 0.2) is 6.10 Å². The maximum atomic E-state index is 14.5. The second-order valence-electron chi connectivity index (χ2n) is 6.58. The fraction of sp³-hybridized carbons (Fsp3) is 0.611. The van der Waals surface area contributed by atoms with Gasteiger partial charge < -0.3 is 14.4 Å². The minimum Gasteiger partial charge on any atom is -0.467 e. The van der Waals surface area contributed by atoms with Crippen molar-refractivity contribution in [3.05, 3.63) is 29.6 Å². The molecule has 0 N–H and O–H groups in total. The van der Waals surface area contributed by atoms with Gasteiger partial charge in [0.05, 0.1) is 13.2 Å². The number of halogens is 1. The third-order valence-electron chi connectivity index (χ3n) is 4.72. The van der Waals surface area contributed by atoms with Crippen LogP contribution in [-0.4, -0.2) is 56.4 Å². The summed E-state index contributed by atoms with van der Waals surface area (Å²) in [5.74, 6) is -0.562. The summed E-state index contributed by atoms with van der Waals surface area (Å²) in [5.41, 5.74) is 1.68. The first-order chi connectivity index (χ1) is 11.6. The van der Waals surface area contributed by atoms with Crippen LogP contribution in [0.15, 0.2) is 18.2 Å². The van der Waals surface area contributed by atoms with Crippen molar-refractivity contribution in [3.8, 4) is 0 Å². The smallest absolute Gasteiger partial charge is 0.336 e. The number of anilines is 1. The van der Waals surface area contributed by atoms with Crippen LogP contribution >= 0.6 is 0 Å². The summed E-state index contributed by atoms with van der Waals surface area (Å²) in [5, 5.41) is 0.